The lowest BCUT2D eigenvalue weighted by Crippen LogP contribution is -2.49. The van der Waals surface area contributed by atoms with Gasteiger partial charge in [0, 0.05) is 25.7 Å². The third kappa shape index (κ3) is 4.84. The molecule has 0 aliphatic carbocycles. The molecule has 0 unspecified atom stereocenters. The standard InChI is InChI=1S/C23H30FN3O3/c1-5-25-23(28)26-15(2)22-19-13-21(30-4)20(29-3)12-17(19)10-11-27(22)14-16-6-8-18(24)9-7-16/h6-9,12-13,15,22H,5,10-11,14H2,1-4H3,(H2,25,26,28)/t15-,22+/m1/s1. The van der Waals surface area contributed by atoms with E-state index in [1.54, 1.807) is 26.4 Å². The first kappa shape index (κ1) is 21.9. The van der Waals surface area contributed by atoms with Crippen molar-refractivity contribution in [2.24, 2.45) is 0 Å². The molecule has 0 radical (unpaired) electrons. The Bertz CT molecular complexity index is 873. The van der Waals surface area contributed by atoms with Crippen molar-refractivity contribution in [1.29, 1.82) is 0 Å². The first-order chi connectivity index (χ1) is 14.5. The molecule has 2 N–H and O–H groups in total. The Hall–Kier alpha value is -2.80. The van der Waals surface area contributed by atoms with E-state index in [1.165, 1.54) is 17.7 Å². The van der Waals surface area contributed by atoms with E-state index in [0.717, 1.165) is 24.1 Å². The van der Waals surface area contributed by atoms with Crippen LogP contribution in [0, 0.1) is 5.82 Å². The van der Waals surface area contributed by atoms with Crippen LogP contribution in [0.2, 0.25) is 0 Å². The van der Waals surface area contributed by atoms with Gasteiger partial charge in [-0.3, -0.25) is 4.90 Å². The number of ether oxygens (including phenoxy) is 2. The number of amides is 2. The van der Waals surface area contributed by atoms with Gasteiger partial charge in [-0.15, -0.1) is 0 Å². The molecule has 0 aromatic heterocycles. The molecular weight excluding hydrogens is 385 g/mol. The summed E-state index contributed by atoms with van der Waals surface area (Å²) in [7, 11) is 3.25. The van der Waals surface area contributed by atoms with E-state index in [1.807, 2.05) is 26.0 Å². The van der Waals surface area contributed by atoms with Crippen molar-refractivity contribution >= 4 is 6.03 Å². The van der Waals surface area contributed by atoms with Crippen molar-refractivity contribution in [3.63, 3.8) is 0 Å². The van der Waals surface area contributed by atoms with Crippen LogP contribution in [0.25, 0.3) is 0 Å². The molecule has 0 fully saturated rings. The van der Waals surface area contributed by atoms with Crippen LogP contribution in [0.3, 0.4) is 0 Å². The number of carbonyl (C=O) groups excluding carboxylic acids is 1. The van der Waals surface area contributed by atoms with Crippen LogP contribution >= 0.6 is 0 Å². The molecule has 1 heterocycles. The number of rotatable bonds is 7. The van der Waals surface area contributed by atoms with Crippen LogP contribution in [-0.4, -0.2) is 44.3 Å². The highest BCUT2D eigenvalue weighted by Gasteiger charge is 2.33. The summed E-state index contributed by atoms with van der Waals surface area (Å²) in [5, 5.41) is 5.85. The Balaban J connectivity index is 1.96. The zero-order chi connectivity index (χ0) is 21.7. The molecule has 0 bridgehead atoms. The summed E-state index contributed by atoms with van der Waals surface area (Å²) < 4.78 is 24.4. The topological polar surface area (TPSA) is 62.8 Å². The Morgan fingerprint density at radius 1 is 1.20 bits per heavy atom. The van der Waals surface area contributed by atoms with Crippen molar-refractivity contribution < 1.29 is 18.7 Å². The number of fused-ring (bicyclic) bond motifs is 1. The average Bonchev–Trinajstić information content (AvgIpc) is 2.74. The summed E-state index contributed by atoms with van der Waals surface area (Å²) in [6.07, 6.45) is 0.848. The highest BCUT2D eigenvalue weighted by atomic mass is 19.1. The molecule has 0 saturated heterocycles. The zero-order valence-corrected chi connectivity index (χ0v) is 18.0. The first-order valence-corrected chi connectivity index (χ1v) is 10.2. The second kappa shape index (κ2) is 9.80. The predicted octanol–water partition coefficient (Wildman–Crippen LogP) is 3.65. The molecule has 0 spiro atoms. The van der Waals surface area contributed by atoms with E-state index >= 15 is 0 Å². The normalized spacial score (nSPS) is 17.0. The number of benzene rings is 2. The quantitative estimate of drug-likeness (QED) is 0.725. The van der Waals surface area contributed by atoms with Crippen molar-refractivity contribution in [2.75, 3.05) is 27.3 Å². The van der Waals surface area contributed by atoms with Gasteiger partial charge < -0.3 is 20.1 Å². The molecule has 0 saturated carbocycles. The van der Waals surface area contributed by atoms with E-state index in [0.29, 0.717) is 24.6 Å². The first-order valence-electron chi connectivity index (χ1n) is 10.2. The van der Waals surface area contributed by atoms with E-state index in [9.17, 15) is 9.18 Å². The van der Waals surface area contributed by atoms with Gasteiger partial charge in [-0.1, -0.05) is 12.1 Å². The van der Waals surface area contributed by atoms with Gasteiger partial charge in [-0.25, -0.2) is 9.18 Å². The van der Waals surface area contributed by atoms with E-state index in [-0.39, 0.29) is 23.9 Å². The summed E-state index contributed by atoms with van der Waals surface area (Å²) in [4.78, 5) is 14.5. The number of halogens is 1. The number of nitrogens with zero attached hydrogens (tertiary/aromatic N) is 1. The van der Waals surface area contributed by atoms with E-state index < -0.39 is 0 Å². The summed E-state index contributed by atoms with van der Waals surface area (Å²) in [6, 6.07) is 10.2. The Kier molecular flexibility index (Phi) is 7.15. The van der Waals surface area contributed by atoms with Crippen LogP contribution in [-0.2, 0) is 13.0 Å². The summed E-state index contributed by atoms with van der Waals surface area (Å²) in [5.74, 6) is 1.11. The molecule has 3 rings (SSSR count). The lowest BCUT2D eigenvalue weighted by Gasteiger charge is -2.41. The molecule has 2 atom stereocenters. The van der Waals surface area contributed by atoms with E-state index in [4.69, 9.17) is 9.47 Å². The average molecular weight is 416 g/mol. The maximum atomic E-state index is 13.3. The molecule has 1 aliphatic heterocycles. The molecular formula is C23H30FN3O3. The monoisotopic (exact) mass is 415 g/mol. The van der Waals surface area contributed by atoms with Crippen LogP contribution in [0.4, 0.5) is 9.18 Å². The fourth-order valence-electron chi connectivity index (χ4n) is 4.11. The number of urea groups is 1. The number of nitrogens with one attached hydrogen (secondary N) is 2. The maximum absolute atomic E-state index is 13.3. The third-order valence-corrected chi connectivity index (χ3v) is 5.49. The Morgan fingerprint density at radius 3 is 2.50 bits per heavy atom. The van der Waals surface area contributed by atoms with Gasteiger partial charge in [0.2, 0.25) is 0 Å². The van der Waals surface area contributed by atoms with Gasteiger partial charge in [-0.2, -0.15) is 0 Å². The minimum absolute atomic E-state index is 0.0683. The molecule has 162 valence electrons. The van der Waals surface area contributed by atoms with Gasteiger partial charge in [0.05, 0.1) is 20.3 Å². The third-order valence-electron chi connectivity index (χ3n) is 5.49. The Morgan fingerprint density at radius 2 is 1.87 bits per heavy atom. The molecule has 7 heteroatoms. The summed E-state index contributed by atoms with van der Waals surface area (Å²) in [6.45, 7) is 5.91. The number of hydrogen-bond acceptors (Lipinski definition) is 4. The van der Waals surface area contributed by atoms with Crippen molar-refractivity contribution in [2.45, 2.75) is 38.9 Å². The Labute approximate surface area is 177 Å². The SMILES string of the molecule is CCNC(=O)N[C@H](C)[C@H]1c2cc(OC)c(OC)cc2CCN1Cc1ccc(F)cc1. The number of methoxy groups -OCH3 is 2. The van der Waals surface area contributed by atoms with Crippen LogP contribution in [0.15, 0.2) is 36.4 Å². The number of carbonyl (C=O) groups is 1. The molecule has 6 nitrogen and oxygen atoms in total. The minimum atomic E-state index is -0.248. The fraction of sp³-hybridized carbons (Fsp3) is 0.435. The smallest absolute Gasteiger partial charge is 0.315 e. The highest BCUT2D eigenvalue weighted by molar-refractivity contribution is 5.74. The summed E-state index contributed by atoms with van der Waals surface area (Å²) >= 11 is 0. The lowest BCUT2D eigenvalue weighted by molar-refractivity contribution is 0.143. The maximum Gasteiger partial charge on any atom is 0.315 e. The predicted molar refractivity (Wildman–Crippen MR) is 114 cm³/mol. The van der Waals surface area contributed by atoms with Crippen molar-refractivity contribution in [3.8, 4) is 11.5 Å². The second-order valence-electron chi connectivity index (χ2n) is 7.49. The van der Waals surface area contributed by atoms with Gasteiger partial charge in [-0.05, 0) is 61.2 Å². The molecule has 2 amide bonds. The molecule has 2 aromatic carbocycles. The highest BCUT2D eigenvalue weighted by Crippen LogP contribution is 2.40. The van der Waals surface area contributed by atoms with Crippen LogP contribution in [0.5, 0.6) is 11.5 Å². The largest absolute Gasteiger partial charge is 0.493 e. The van der Waals surface area contributed by atoms with Gasteiger partial charge in [0.1, 0.15) is 5.82 Å². The minimum Gasteiger partial charge on any atom is -0.493 e. The summed E-state index contributed by atoms with van der Waals surface area (Å²) in [5.41, 5.74) is 3.30. The second-order valence-corrected chi connectivity index (χ2v) is 7.49. The number of hydrogen-bond donors (Lipinski definition) is 2. The fourth-order valence-corrected chi connectivity index (χ4v) is 4.11. The van der Waals surface area contributed by atoms with Crippen LogP contribution in [0.1, 0.15) is 36.6 Å². The van der Waals surface area contributed by atoms with Crippen molar-refractivity contribution in [3.05, 3.63) is 58.9 Å². The zero-order valence-electron chi connectivity index (χ0n) is 18.0. The van der Waals surface area contributed by atoms with Gasteiger partial charge in [0.15, 0.2) is 11.5 Å². The molecule has 30 heavy (non-hydrogen) atoms. The van der Waals surface area contributed by atoms with Crippen molar-refractivity contribution in [1.82, 2.24) is 15.5 Å². The van der Waals surface area contributed by atoms with Crippen LogP contribution < -0.4 is 20.1 Å². The molecule has 2 aromatic rings. The van der Waals surface area contributed by atoms with Gasteiger partial charge in [0.25, 0.3) is 0 Å². The molecule has 1 aliphatic rings. The lowest BCUT2D eigenvalue weighted by atomic mass is 9.87. The van der Waals surface area contributed by atoms with E-state index in [2.05, 4.69) is 15.5 Å². The van der Waals surface area contributed by atoms with Gasteiger partial charge >= 0.3 is 6.03 Å².